The maximum Gasteiger partial charge on any atom is 0.269 e. The first-order valence-corrected chi connectivity index (χ1v) is 8.97. The smallest absolute Gasteiger partial charge is 0.269 e. The van der Waals surface area contributed by atoms with Crippen LogP contribution in [0.15, 0.2) is 72.8 Å². The van der Waals surface area contributed by atoms with Crippen molar-refractivity contribution in [2.24, 2.45) is 0 Å². The lowest BCUT2D eigenvalue weighted by Crippen LogP contribution is -2.08. The van der Waals surface area contributed by atoms with Gasteiger partial charge < -0.3 is 10.1 Å². The number of carbonyl (C=O) groups is 1. The van der Waals surface area contributed by atoms with Crippen LogP contribution >= 0.6 is 0 Å². The van der Waals surface area contributed by atoms with E-state index in [4.69, 9.17) is 10.00 Å². The van der Waals surface area contributed by atoms with Crippen LogP contribution in [0.2, 0.25) is 0 Å². The van der Waals surface area contributed by atoms with E-state index in [2.05, 4.69) is 11.4 Å². The number of hydrogen-bond donors (Lipinski definition) is 1. The molecule has 0 aliphatic heterocycles. The zero-order valence-corrected chi connectivity index (χ0v) is 16.0. The van der Waals surface area contributed by atoms with Crippen LogP contribution in [0.5, 0.6) is 11.5 Å². The summed E-state index contributed by atoms with van der Waals surface area (Å²) in [6.07, 6.45) is 2.94. The summed E-state index contributed by atoms with van der Waals surface area (Å²) >= 11 is 0. The van der Waals surface area contributed by atoms with Gasteiger partial charge in [-0.2, -0.15) is 5.26 Å². The lowest BCUT2D eigenvalue weighted by atomic mass is 10.1. The van der Waals surface area contributed by atoms with Crippen LogP contribution in [0.4, 0.5) is 11.4 Å². The Labute approximate surface area is 173 Å². The number of nitrogens with zero attached hydrogens (tertiary/aromatic N) is 2. The standard InChI is InChI=1S/C23H17N3O4/c1-16-14-21(30-20-9-4-18(15-24)5-10-20)11-12-22(16)25-23(27)13-6-17-2-7-19(8-3-17)26(28)29/h2-14H,1H3,(H,25,27)/b13-6+. The van der Waals surface area contributed by atoms with E-state index in [1.165, 1.54) is 18.2 Å². The fourth-order valence-electron chi connectivity index (χ4n) is 2.63. The van der Waals surface area contributed by atoms with Crippen molar-refractivity contribution in [3.05, 3.63) is 99.6 Å². The molecule has 3 aromatic carbocycles. The second-order valence-corrected chi connectivity index (χ2v) is 6.39. The Morgan fingerprint density at radius 3 is 2.33 bits per heavy atom. The highest BCUT2D eigenvalue weighted by Crippen LogP contribution is 2.26. The first kappa shape index (κ1) is 20.3. The monoisotopic (exact) mass is 399 g/mol. The van der Waals surface area contributed by atoms with Gasteiger partial charge in [0.15, 0.2) is 0 Å². The molecule has 0 saturated carbocycles. The highest BCUT2D eigenvalue weighted by molar-refractivity contribution is 6.02. The Bertz CT molecular complexity index is 1140. The number of carbonyl (C=O) groups excluding carboxylic acids is 1. The number of rotatable bonds is 6. The Kier molecular flexibility index (Phi) is 6.20. The van der Waals surface area contributed by atoms with Crippen molar-refractivity contribution in [3.8, 4) is 17.6 Å². The Hall–Kier alpha value is -4.44. The van der Waals surface area contributed by atoms with Crippen LogP contribution in [0.1, 0.15) is 16.7 Å². The molecule has 0 atom stereocenters. The average molecular weight is 399 g/mol. The van der Waals surface area contributed by atoms with Crippen molar-refractivity contribution in [1.82, 2.24) is 0 Å². The van der Waals surface area contributed by atoms with Gasteiger partial charge in [-0.25, -0.2) is 0 Å². The van der Waals surface area contributed by atoms with Crippen LogP contribution in [0, 0.1) is 28.4 Å². The molecule has 1 N–H and O–H groups in total. The maximum absolute atomic E-state index is 12.2. The number of nitro benzene ring substituents is 1. The fourth-order valence-corrected chi connectivity index (χ4v) is 2.63. The molecule has 0 heterocycles. The van der Waals surface area contributed by atoms with Crippen molar-refractivity contribution < 1.29 is 14.5 Å². The largest absolute Gasteiger partial charge is 0.457 e. The SMILES string of the molecule is Cc1cc(Oc2ccc(C#N)cc2)ccc1NC(=O)/C=C/c1ccc([N+](=O)[O-])cc1. The van der Waals surface area contributed by atoms with E-state index >= 15 is 0 Å². The number of ether oxygens (including phenoxy) is 1. The van der Waals surface area contributed by atoms with Gasteiger partial charge in [0.1, 0.15) is 11.5 Å². The van der Waals surface area contributed by atoms with E-state index in [0.717, 1.165) is 5.56 Å². The quantitative estimate of drug-likeness (QED) is 0.348. The van der Waals surface area contributed by atoms with Gasteiger partial charge in [-0.3, -0.25) is 14.9 Å². The molecule has 0 fully saturated rings. The summed E-state index contributed by atoms with van der Waals surface area (Å²) in [4.78, 5) is 22.4. The molecule has 30 heavy (non-hydrogen) atoms. The van der Waals surface area contributed by atoms with E-state index in [1.54, 1.807) is 60.7 Å². The number of nitrogens with one attached hydrogen (secondary N) is 1. The predicted molar refractivity (Wildman–Crippen MR) is 113 cm³/mol. The summed E-state index contributed by atoms with van der Waals surface area (Å²) in [5.41, 5.74) is 2.69. The molecule has 0 unspecified atom stereocenters. The van der Waals surface area contributed by atoms with Gasteiger partial charge in [-0.05, 0) is 78.7 Å². The molecule has 3 aromatic rings. The van der Waals surface area contributed by atoms with Crippen LogP contribution in [-0.2, 0) is 4.79 Å². The number of non-ortho nitro benzene ring substituents is 1. The third-order valence-electron chi connectivity index (χ3n) is 4.21. The van der Waals surface area contributed by atoms with E-state index < -0.39 is 4.92 Å². The first-order valence-electron chi connectivity index (χ1n) is 8.97. The second-order valence-electron chi connectivity index (χ2n) is 6.39. The van der Waals surface area contributed by atoms with Crippen LogP contribution in [-0.4, -0.2) is 10.8 Å². The molecular weight excluding hydrogens is 382 g/mol. The summed E-state index contributed by atoms with van der Waals surface area (Å²) in [5, 5.41) is 22.3. The lowest BCUT2D eigenvalue weighted by molar-refractivity contribution is -0.384. The molecule has 0 saturated heterocycles. The number of nitro groups is 1. The van der Waals surface area contributed by atoms with E-state index in [0.29, 0.717) is 28.3 Å². The normalized spacial score (nSPS) is 10.4. The highest BCUT2D eigenvalue weighted by atomic mass is 16.6. The molecule has 0 spiro atoms. The van der Waals surface area contributed by atoms with Gasteiger partial charge in [0, 0.05) is 23.9 Å². The number of aryl methyl sites for hydroxylation is 1. The molecule has 0 aromatic heterocycles. The van der Waals surface area contributed by atoms with Crippen molar-refractivity contribution in [1.29, 1.82) is 5.26 Å². The van der Waals surface area contributed by atoms with Gasteiger partial charge in [0.2, 0.25) is 5.91 Å². The van der Waals surface area contributed by atoms with Crippen molar-refractivity contribution in [2.45, 2.75) is 6.92 Å². The van der Waals surface area contributed by atoms with Crippen LogP contribution < -0.4 is 10.1 Å². The predicted octanol–water partition coefficient (Wildman–Crippen LogP) is 5.22. The molecule has 7 heteroatoms. The first-order chi connectivity index (χ1) is 14.4. The molecule has 3 rings (SSSR count). The second kappa shape index (κ2) is 9.17. The number of nitriles is 1. The molecule has 0 aliphatic carbocycles. The molecule has 0 radical (unpaired) electrons. The van der Waals surface area contributed by atoms with Crippen LogP contribution in [0.3, 0.4) is 0 Å². The maximum atomic E-state index is 12.2. The Morgan fingerprint density at radius 1 is 1.07 bits per heavy atom. The zero-order chi connectivity index (χ0) is 21.5. The number of anilines is 1. The minimum absolute atomic E-state index is 0.00413. The molecule has 1 amide bonds. The van der Waals surface area contributed by atoms with Gasteiger partial charge >= 0.3 is 0 Å². The lowest BCUT2D eigenvalue weighted by Gasteiger charge is -2.10. The van der Waals surface area contributed by atoms with Gasteiger partial charge in [-0.15, -0.1) is 0 Å². The van der Waals surface area contributed by atoms with Gasteiger partial charge in [-0.1, -0.05) is 0 Å². The minimum Gasteiger partial charge on any atom is -0.457 e. The molecule has 0 bridgehead atoms. The zero-order valence-electron chi connectivity index (χ0n) is 16.0. The molecular formula is C23H17N3O4. The third kappa shape index (κ3) is 5.30. The third-order valence-corrected chi connectivity index (χ3v) is 4.21. The van der Waals surface area contributed by atoms with E-state index in [9.17, 15) is 14.9 Å². The molecule has 0 aliphatic rings. The summed E-state index contributed by atoms with van der Waals surface area (Å²) < 4.78 is 5.77. The summed E-state index contributed by atoms with van der Waals surface area (Å²) in [5.74, 6) is 0.894. The van der Waals surface area contributed by atoms with Crippen molar-refractivity contribution in [2.75, 3.05) is 5.32 Å². The van der Waals surface area contributed by atoms with E-state index in [-0.39, 0.29) is 11.6 Å². The van der Waals surface area contributed by atoms with Gasteiger partial charge in [0.25, 0.3) is 5.69 Å². The van der Waals surface area contributed by atoms with Crippen molar-refractivity contribution in [3.63, 3.8) is 0 Å². The summed E-state index contributed by atoms with van der Waals surface area (Å²) in [6.45, 7) is 1.85. The van der Waals surface area contributed by atoms with E-state index in [1.807, 2.05) is 6.92 Å². The number of benzene rings is 3. The van der Waals surface area contributed by atoms with Crippen LogP contribution in [0.25, 0.3) is 6.08 Å². The van der Waals surface area contributed by atoms with Gasteiger partial charge in [0.05, 0.1) is 16.6 Å². The number of hydrogen-bond acceptors (Lipinski definition) is 5. The Morgan fingerprint density at radius 2 is 1.73 bits per heavy atom. The molecule has 7 nitrogen and oxygen atoms in total. The Balaban J connectivity index is 1.62. The topological polar surface area (TPSA) is 105 Å². The molecule has 148 valence electrons. The van der Waals surface area contributed by atoms with Crippen molar-refractivity contribution >= 4 is 23.4 Å². The summed E-state index contributed by atoms with van der Waals surface area (Å²) in [7, 11) is 0. The minimum atomic E-state index is -0.474. The average Bonchev–Trinajstić information content (AvgIpc) is 2.75. The number of amides is 1. The highest BCUT2D eigenvalue weighted by Gasteiger charge is 2.06. The fraction of sp³-hybridized carbons (Fsp3) is 0.0435. The summed E-state index contributed by atoms with van der Waals surface area (Å²) in [6, 6.07) is 20.0.